The fourth-order valence-corrected chi connectivity index (χ4v) is 21.6. The Balaban J connectivity index is 0.820. The molecule has 2 aliphatic carbocycles. The highest BCUT2D eigenvalue weighted by Gasteiger charge is 2.48. The number of anilines is 12. The Morgan fingerprint density at radius 3 is 0.992 bits per heavy atom. The van der Waals surface area contributed by atoms with E-state index < -0.39 is 5.41 Å². The van der Waals surface area contributed by atoms with Gasteiger partial charge in [-0.25, -0.2) is 0 Å². The highest BCUT2D eigenvalue weighted by molar-refractivity contribution is 7.01. The van der Waals surface area contributed by atoms with Crippen molar-refractivity contribution in [3.05, 3.63) is 393 Å². The normalized spacial score (nSPS) is 15.6. The molecule has 2 saturated carbocycles. The highest BCUT2D eigenvalue weighted by atomic mass is 15.2. The van der Waals surface area contributed by atoms with E-state index in [1.807, 2.05) is 0 Å². The summed E-state index contributed by atoms with van der Waals surface area (Å²) in [5, 5.41) is 0. The summed E-state index contributed by atoms with van der Waals surface area (Å²) >= 11 is 0. The Bertz CT molecular complexity index is 5920. The quantitative estimate of drug-likeness (QED) is 0.0894. The van der Waals surface area contributed by atoms with Crippen LogP contribution in [0.25, 0.3) is 0 Å². The summed E-state index contributed by atoms with van der Waals surface area (Å²) in [5.41, 5.74) is 40.1. The highest BCUT2D eigenvalue weighted by Crippen LogP contribution is 2.52. The molecule has 0 aromatic heterocycles. The number of benzene rings is 14. The summed E-state index contributed by atoms with van der Waals surface area (Å²) in [4.78, 5) is 10.6. The van der Waals surface area contributed by atoms with Crippen LogP contribution in [0.2, 0.25) is 0 Å². The van der Waals surface area contributed by atoms with Crippen LogP contribution in [0, 0.1) is 6.92 Å². The molecule has 4 nitrogen and oxygen atoms in total. The van der Waals surface area contributed by atoms with Gasteiger partial charge < -0.3 is 19.6 Å². The lowest BCUT2D eigenvalue weighted by Gasteiger charge is -2.46. The standard InChI is InChI=1S/C113H110B2N4/c1-76-65-104-108-105(66-76)117(93-55-45-85(46-56-93)83-35-23-14-24-36-83)103-64-52-91(74-99(103)115(108)98-73-90(112(8,9)88-37-25-15-26-38-88)51-63-102(98)116(104)92-53-43-84(44-54-92)82-33-21-13-22-34-82)113(10,89-39-27-16-28-40-89)75-81-71-106-109-107(72-81)119(95-59-49-87(50-60-95)111(5,6)7)101-62-42-80(68-78-31-19-12-20-32-78)70-97(101)114(109)96-69-79(67-77-29-17-11-18-30-77)41-61-100(96)118(106)94-57-47-86(48-58-94)110(2,3)4/h11-12,15-20,25-32,37-66,69-74,82-83H,13-14,21-24,33-36,67-68,75H2,1-10H3. The first-order chi connectivity index (χ1) is 57.8. The van der Waals surface area contributed by atoms with Crippen molar-refractivity contribution in [2.45, 2.75) is 186 Å². The Kier molecular flexibility index (Phi) is 19.4. The predicted molar refractivity (Wildman–Crippen MR) is 508 cm³/mol. The van der Waals surface area contributed by atoms with Crippen LogP contribution in [-0.4, -0.2) is 13.4 Å². The molecule has 14 aromatic rings. The van der Waals surface area contributed by atoms with E-state index in [0.717, 1.165) is 24.2 Å². The van der Waals surface area contributed by atoms with Gasteiger partial charge in [-0.2, -0.15) is 0 Å². The molecule has 6 heteroatoms. The third kappa shape index (κ3) is 13.8. The zero-order valence-electron chi connectivity index (χ0n) is 71.3. The number of hydrogen-bond acceptors (Lipinski definition) is 4. The van der Waals surface area contributed by atoms with Gasteiger partial charge in [0.25, 0.3) is 13.4 Å². The van der Waals surface area contributed by atoms with Gasteiger partial charge in [-0.3, -0.25) is 0 Å². The summed E-state index contributed by atoms with van der Waals surface area (Å²) in [5.74, 6) is 1.20. The molecule has 4 heterocycles. The van der Waals surface area contributed by atoms with Crippen molar-refractivity contribution in [2.24, 2.45) is 0 Å². The lowest BCUT2D eigenvalue weighted by Crippen LogP contribution is -2.61. The molecule has 0 amide bonds. The number of fused-ring (bicyclic) bond motifs is 8. The zero-order valence-corrected chi connectivity index (χ0v) is 71.3. The average molecular weight is 1550 g/mol. The van der Waals surface area contributed by atoms with Gasteiger partial charge in [-0.05, 0) is 282 Å². The molecule has 119 heavy (non-hydrogen) atoms. The molecule has 0 bridgehead atoms. The van der Waals surface area contributed by atoms with Gasteiger partial charge in [0, 0.05) is 79.1 Å². The first-order valence-corrected chi connectivity index (χ1v) is 44.4. The molecular formula is C113H110B2N4. The van der Waals surface area contributed by atoms with Crippen molar-refractivity contribution in [3.63, 3.8) is 0 Å². The van der Waals surface area contributed by atoms with Crippen LogP contribution >= 0.6 is 0 Å². The van der Waals surface area contributed by atoms with Gasteiger partial charge in [0.2, 0.25) is 0 Å². The second kappa shape index (κ2) is 30.3. The molecule has 0 N–H and O–H groups in total. The summed E-state index contributed by atoms with van der Waals surface area (Å²) in [6, 6.07) is 124. The van der Waals surface area contributed by atoms with Crippen molar-refractivity contribution in [1.29, 1.82) is 0 Å². The average Bonchev–Trinajstić information content (AvgIpc) is 0.697. The Morgan fingerprint density at radius 1 is 0.269 bits per heavy atom. The fourth-order valence-electron chi connectivity index (χ4n) is 21.6. The minimum Gasteiger partial charge on any atom is -0.311 e. The van der Waals surface area contributed by atoms with Gasteiger partial charge >= 0.3 is 0 Å². The van der Waals surface area contributed by atoms with Gasteiger partial charge in [0.05, 0.1) is 0 Å². The molecule has 1 atom stereocenters. The monoisotopic (exact) mass is 1540 g/mol. The Hall–Kier alpha value is -11.6. The number of nitrogens with zero attached hydrogens (tertiary/aromatic N) is 4. The Labute approximate surface area is 708 Å². The SMILES string of the molecule is Cc1cc2c3c(c1)N(c1ccc(C4CCCCC4)cc1)c1ccc(C(C)(Cc4cc5c6c(c4)N(c4ccc(C(C)(C)C)cc4)c4ccc(Cc7ccccc7)cc4B6c4cc(Cc6ccccc6)ccc4N5c4ccc(C(C)(C)C)cc4)c4ccccc4)cc1B3c1cc(C(C)(C)c3ccccc3)ccc1N2c1ccc(C2CCCCC2)cc1. The first kappa shape index (κ1) is 76.1. The molecule has 0 radical (unpaired) electrons. The summed E-state index contributed by atoms with van der Waals surface area (Å²) in [7, 11) is 0. The van der Waals surface area contributed by atoms with Crippen molar-refractivity contribution >= 4 is 114 Å². The minimum atomic E-state index is -0.587. The second-order valence-electron chi connectivity index (χ2n) is 38.4. The number of aryl methyl sites for hydroxylation is 1. The molecule has 14 aromatic carbocycles. The van der Waals surface area contributed by atoms with Gasteiger partial charge in [-0.15, -0.1) is 0 Å². The van der Waals surface area contributed by atoms with E-state index in [0.29, 0.717) is 18.3 Å². The first-order valence-electron chi connectivity index (χ1n) is 44.4. The van der Waals surface area contributed by atoms with E-state index in [2.05, 4.69) is 404 Å². The topological polar surface area (TPSA) is 13.0 Å². The lowest BCUT2D eigenvalue weighted by atomic mass is 9.33. The maximum Gasteiger partial charge on any atom is 0.252 e. The Morgan fingerprint density at radius 2 is 0.597 bits per heavy atom. The fraction of sp³-hybridized carbons (Fsp3) is 0.257. The van der Waals surface area contributed by atoms with Crippen molar-refractivity contribution < 1.29 is 0 Å². The molecule has 2 fully saturated rings. The second-order valence-corrected chi connectivity index (χ2v) is 38.4. The lowest BCUT2D eigenvalue weighted by molar-refractivity contribution is 0.443. The van der Waals surface area contributed by atoms with E-state index >= 15 is 0 Å². The van der Waals surface area contributed by atoms with Crippen molar-refractivity contribution in [1.82, 2.24) is 0 Å². The van der Waals surface area contributed by atoms with Gasteiger partial charge in [0.1, 0.15) is 0 Å². The smallest absolute Gasteiger partial charge is 0.252 e. The van der Waals surface area contributed by atoms with E-state index in [1.54, 1.807) is 0 Å². The van der Waals surface area contributed by atoms with Crippen LogP contribution in [0.5, 0.6) is 0 Å². The molecule has 588 valence electrons. The van der Waals surface area contributed by atoms with E-state index in [9.17, 15) is 0 Å². The van der Waals surface area contributed by atoms with E-state index in [-0.39, 0.29) is 29.7 Å². The van der Waals surface area contributed by atoms with Gasteiger partial charge in [-0.1, -0.05) is 319 Å². The minimum absolute atomic E-state index is 0.0377. The molecule has 0 saturated heterocycles. The van der Waals surface area contributed by atoms with Crippen LogP contribution in [0.3, 0.4) is 0 Å². The van der Waals surface area contributed by atoms with Crippen LogP contribution in [0.4, 0.5) is 68.2 Å². The summed E-state index contributed by atoms with van der Waals surface area (Å²) in [6.45, 7) is 23.5. The molecular weight excluding hydrogens is 1430 g/mol. The van der Waals surface area contributed by atoms with Crippen LogP contribution < -0.4 is 52.4 Å². The number of rotatable bonds is 16. The molecule has 0 spiro atoms. The largest absolute Gasteiger partial charge is 0.311 e. The van der Waals surface area contributed by atoms with Crippen molar-refractivity contribution in [2.75, 3.05) is 19.6 Å². The number of hydrogen-bond donors (Lipinski definition) is 0. The third-order valence-electron chi connectivity index (χ3n) is 28.2. The van der Waals surface area contributed by atoms with Gasteiger partial charge in [0.15, 0.2) is 0 Å². The van der Waals surface area contributed by atoms with Crippen LogP contribution in [0.1, 0.15) is 216 Å². The maximum absolute atomic E-state index is 2.70. The zero-order chi connectivity index (χ0) is 81.1. The van der Waals surface area contributed by atoms with E-state index in [4.69, 9.17) is 0 Å². The predicted octanol–water partition coefficient (Wildman–Crippen LogP) is 25.9. The third-order valence-corrected chi connectivity index (χ3v) is 28.2. The molecule has 4 aliphatic heterocycles. The maximum atomic E-state index is 2.70. The molecule has 6 aliphatic rings. The van der Waals surface area contributed by atoms with Crippen molar-refractivity contribution in [3.8, 4) is 0 Å². The summed E-state index contributed by atoms with van der Waals surface area (Å²) < 4.78 is 0. The molecule has 1 unspecified atom stereocenters. The van der Waals surface area contributed by atoms with Crippen LogP contribution in [-0.2, 0) is 40.9 Å². The van der Waals surface area contributed by atoms with Crippen LogP contribution in [0.15, 0.2) is 315 Å². The summed E-state index contributed by atoms with van der Waals surface area (Å²) in [6.07, 6.45) is 15.3. The molecule has 20 rings (SSSR count). The van der Waals surface area contributed by atoms with E-state index in [1.165, 1.54) is 232 Å².